The van der Waals surface area contributed by atoms with Gasteiger partial charge in [0.15, 0.2) is 0 Å². The maximum absolute atomic E-state index is 12.0. The normalized spacial score (nSPS) is 16.6. The molecule has 0 heterocycles. The van der Waals surface area contributed by atoms with Gasteiger partial charge in [-0.25, -0.2) is 0 Å². The molecule has 0 aromatic heterocycles. The van der Waals surface area contributed by atoms with Crippen LogP contribution in [0.1, 0.15) is 37.7 Å². The van der Waals surface area contributed by atoms with Crippen molar-refractivity contribution in [1.29, 1.82) is 0 Å². The second-order valence-electron chi connectivity index (χ2n) is 5.71. The lowest BCUT2D eigenvalue weighted by molar-refractivity contribution is -0.127. The van der Waals surface area contributed by atoms with E-state index >= 15 is 0 Å². The monoisotopic (exact) mass is 352 g/mol. The second kappa shape index (κ2) is 7.59. The van der Waals surface area contributed by atoms with Gasteiger partial charge in [0.2, 0.25) is 11.8 Å². The molecule has 21 heavy (non-hydrogen) atoms. The summed E-state index contributed by atoms with van der Waals surface area (Å²) in [5.41, 5.74) is 6.38. The van der Waals surface area contributed by atoms with Crippen LogP contribution in [-0.4, -0.2) is 17.9 Å². The van der Waals surface area contributed by atoms with E-state index in [2.05, 4.69) is 21.2 Å². The van der Waals surface area contributed by atoms with E-state index < -0.39 is 11.9 Å². The van der Waals surface area contributed by atoms with Gasteiger partial charge in [0.25, 0.3) is 0 Å². The molecule has 2 rings (SSSR count). The fourth-order valence-electron chi connectivity index (χ4n) is 2.81. The minimum Gasteiger partial charge on any atom is -0.368 e. The molecule has 0 bridgehead atoms. The number of rotatable bonds is 6. The third-order valence-corrected chi connectivity index (χ3v) is 4.51. The van der Waals surface area contributed by atoms with Crippen LogP contribution in [0.2, 0.25) is 0 Å². The number of benzene rings is 1. The predicted molar refractivity (Wildman–Crippen MR) is 85.5 cm³/mol. The SMILES string of the molecule is NC(=O)[C@@H](Cc1ccc(Br)cc1)NC(=O)CC1CCCC1. The highest BCUT2D eigenvalue weighted by Gasteiger charge is 2.22. The van der Waals surface area contributed by atoms with Crippen molar-refractivity contribution in [3.63, 3.8) is 0 Å². The van der Waals surface area contributed by atoms with Crippen LogP contribution in [0.3, 0.4) is 0 Å². The van der Waals surface area contributed by atoms with Crippen LogP contribution in [0.4, 0.5) is 0 Å². The maximum Gasteiger partial charge on any atom is 0.240 e. The van der Waals surface area contributed by atoms with Crippen LogP contribution in [-0.2, 0) is 16.0 Å². The number of nitrogens with one attached hydrogen (secondary N) is 1. The summed E-state index contributed by atoms with van der Waals surface area (Å²) in [6.07, 6.45) is 5.57. The quantitative estimate of drug-likeness (QED) is 0.825. The Labute approximate surface area is 133 Å². The van der Waals surface area contributed by atoms with Crippen LogP contribution >= 0.6 is 15.9 Å². The van der Waals surface area contributed by atoms with Crippen molar-refractivity contribution >= 4 is 27.7 Å². The largest absolute Gasteiger partial charge is 0.368 e. The summed E-state index contributed by atoms with van der Waals surface area (Å²) >= 11 is 3.37. The molecule has 0 saturated heterocycles. The molecule has 2 amide bonds. The summed E-state index contributed by atoms with van der Waals surface area (Å²) in [6, 6.07) is 7.02. The number of hydrogen-bond donors (Lipinski definition) is 2. The van der Waals surface area contributed by atoms with Crippen molar-refractivity contribution in [2.45, 2.75) is 44.6 Å². The van der Waals surface area contributed by atoms with Gasteiger partial charge in [0.1, 0.15) is 6.04 Å². The Bertz CT molecular complexity index is 496. The number of primary amides is 1. The Kier molecular flexibility index (Phi) is 5.79. The van der Waals surface area contributed by atoms with Crippen molar-refractivity contribution in [2.24, 2.45) is 11.7 Å². The van der Waals surface area contributed by atoms with Crippen molar-refractivity contribution in [3.8, 4) is 0 Å². The molecule has 5 heteroatoms. The van der Waals surface area contributed by atoms with Crippen molar-refractivity contribution in [1.82, 2.24) is 5.32 Å². The average molecular weight is 353 g/mol. The van der Waals surface area contributed by atoms with Crippen molar-refractivity contribution in [3.05, 3.63) is 34.3 Å². The average Bonchev–Trinajstić information content (AvgIpc) is 2.93. The molecule has 4 nitrogen and oxygen atoms in total. The van der Waals surface area contributed by atoms with E-state index in [9.17, 15) is 9.59 Å². The highest BCUT2D eigenvalue weighted by atomic mass is 79.9. The molecule has 114 valence electrons. The first-order valence-corrected chi connectivity index (χ1v) is 8.17. The fraction of sp³-hybridized carbons (Fsp3) is 0.500. The number of carbonyl (C=O) groups is 2. The van der Waals surface area contributed by atoms with Crippen molar-refractivity contribution in [2.75, 3.05) is 0 Å². The van der Waals surface area contributed by atoms with Crippen LogP contribution in [0.5, 0.6) is 0 Å². The van der Waals surface area contributed by atoms with E-state index in [1.807, 2.05) is 24.3 Å². The lowest BCUT2D eigenvalue weighted by Gasteiger charge is -2.17. The van der Waals surface area contributed by atoms with Gasteiger partial charge in [0, 0.05) is 17.3 Å². The molecule has 3 N–H and O–H groups in total. The van der Waals surface area contributed by atoms with Gasteiger partial charge in [-0.1, -0.05) is 40.9 Å². The molecular weight excluding hydrogens is 332 g/mol. The predicted octanol–water partition coefficient (Wildman–Crippen LogP) is 2.54. The zero-order chi connectivity index (χ0) is 15.2. The lowest BCUT2D eigenvalue weighted by atomic mass is 10.0. The van der Waals surface area contributed by atoms with Crippen LogP contribution in [0.25, 0.3) is 0 Å². The number of nitrogens with two attached hydrogens (primary N) is 1. The first-order valence-electron chi connectivity index (χ1n) is 7.37. The second-order valence-corrected chi connectivity index (χ2v) is 6.62. The first-order chi connectivity index (χ1) is 10.0. The standard InChI is InChI=1S/C16H21BrN2O2/c17-13-7-5-12(6-8-13)9-14(16(18)21)19-15(20)10-11-3-1-2-4-11/h5-8,11,14H,1-4,9-10H2,(H2,18,21)(H,19,20)/t14-/m1/s1. The first kappa shape index (κ1) is 16.0. The molecule has 1 saturated carbocycles. The zero-order valence-corrected chi connectivity index (χ0v) is 13.6. The molecule has 1 aliphatic rings. The number of hydrogen-bond acceptors (Lipinski definition) is 2. The van der Waals surface area contributed by atoms with Gasteiger partial charge in [-0.15, -0.1) is 0 Å². The molecule has 0 aliphatic heterocycles. The Balaban J connectivity index is 1.90. The van der Waals surface area contributed by atoms with E-state index in [0.717, 1.165) is 22.9 Å². The third-order valence-electron chi connectivity index (χ3n) is 3.98. The van der Waals surface area contributed by atoms with Gasteiger partial charge >= 0.3 is 0 Å². The minimum absolute atomic E-state index is 0.0668. The maximum atomic E-state index is 12.0. The number of carbonyl (C=O) groups excluding carboxylic acids is 2. The molecule has 1 aromatic carbocycles. The highest BCUT2D eigenvalue weighted by Crippen LogP contribution is 2.27. The van der Waals surface area contributed by atoms with Crippen molar-refractivity contribution < 1.29 is 9.59 Å². The van der Waals surface area contributed by atoms with E-state index in [1.54, 1.807) is 0 Å². The van der Waals surface area contributed by atoms with Gasteiger partial charge in [-0.05, 0) is 36.5 Å². The van der Waals surface area contributed by atoms with Crippen LogP contribution < -0.4 is 11.1 Å². The van der Waals surface area contributed by atoms with Crippen LogP contribution in [0, 0.1) is 5.92 Å². The molecular formula is C16H21BrN2O2. The topological polar surface area (TPSA) is 72.2 Å². The van der Waals surface area contributed by atoms with Crippen LogP contribution in [0.15, 0.2) is 28.7 Å². The molecule has 1 fully saturated rings. The third kappa shape index (κ3) is 5.16. The minimum atomic E-state index is -0.639. The Morgan fingerprint density at radius 1 is 1.24 bits per heavy atom. The van der Waals surface area contributed by atoms with Gasteiger partial charge in [-0.3, -0.25) is 9.59 Å². The summed E-state index contributed by atoms with van der Waals surface area (Å²) in [6.45, 7) is 0. The fourth-order valence-corrected chi connectivity index (χ4v) is 3.07. The summed E-state index contributed by atoms with van der Waals surface area (Å²) in [7, 11) is 0. The van der Waals surface area contributed by atoms with Gasteiger partial charge in [0.05, 0.1) is 0 Å². The number of halogens is 1. The Hall–Kier alpha value is -1.36. The molecule has 1 aromatic rings. The van der Waals surface area contributed by atoms with E-state index in [4.69, 9.17) is 5.73 Å². The molecule has 0 spiro atoms. The smallest absolute Gasteiger partial charge is 0.240 e. The van der Waals surface area contributed by atoms with E-state index in [1.165, 1.54) is 12.8 Å². The molecule has 0 unspecified atom stereocenters. The summed E-state index contributed by atoms with van der Waals surface area (Å²) in [5, 5.41) is 2.78. The lowest BCUT2D eigenvalue weighted by Crippen LogP contribution is -2.46. The summed E-state index contributed by atoms with van der Waals surface area (Å²) < 4.78 is 0.979. The molecule has 1 atom stereocenters. The summed E-state index contributed by atoms with van der Waals surface area (Å²) in [4.78, 5) is 23.6. The molecule has 1 aliphatic carbocycles. The van der Waals surface area contributed by atoms with E-state index in [0.29, 0.717) is 18.8 Å². The van der Waals surface area contributed by atoms with E-state index in [-0.39, 0.29) is 5.91 Å². The zero-order valence-electron chi connectivity index (χ0n) is 12.0. The van der Waals surface area contributed by atoms with Gasteiger partial charge in [-0.2, -0.15) is 0 Å². The highest BCUT2D eigenvalue weighted by molar-refractivity contribution is 9.10. The molecule has 0 radical (unpaired) electrons. The Morgan fingerprint density at radius 3 is 2.43 bits per heavy atom. The Morgan fingerprint density at radius 2 is 1.86 bits per heavy atom. The van der Waals surface area contributed by atoms with Gasteiger partial charge < -0.3 is 11.1 Å². The number of amides is 2. The summed E-state index contributed by atoms with van der Waals surface area (Å²) in [5.74, 6) is -0.0910.